The van der Waals surface area contributed by atoms with E-state index in [1.807, 2.05) is 25.1 Å². The van der Waals surface area contributed by atoms with Gasteiger partial charge in [0.15, 0.2) is 11.6 Å². The monoisotopic (exact) mass is 260 g/mol. The van der Waals surface area contributed by atoms with Crippen LogP contribution in [0.15, 0.2) is 36.4 Å². The fourth-order valence-electron chi connectivity index (χ4n) is 1.77. The maximum Gasteiger partial charge on any atom is 0.165 e. The van der Waals surface area contributed by atoms with Gasteiger partial charge < -0.3 is 9.47 Å². The number of hydrogen-bond donors (Lipinski definition) is 0. The van der Waals surface area contributed by atoms with Gasteiger partial charge in [0.25, 0.3) is 0 Å². The highest BCUT2D eigenvalue weighted by Crippen LogP contribution is 2.20. The molecule has 0 unspecified atom stereocenters. The Labute approximate surface area is 112 Å². The minimum absolute atomic E-state index is 0.245. The highest BCUT2D eigenvalue weighted by Gasteiger charge is 2.04. The van der Waals surface area contributed by atoms with Crippen LogP contribution in [0.1, 0.15) is 16.7 Å². The lowest BCUT2D eigenvalue weighted by Crippen LogP contribution is -1.98. The van der Waals surface area contributed by atoms with E-state index >= 15 is 0 Å². The van der Waals surface area contributed by atoms with Crippen molar-refractivity contribution in [2.24, 2.45) is 0 Å². The summed E-state index contributed by atoms with van der Waals surface area (Å²) in [6.07, 6.45) is 0. The first-order valence-electron chi connectivity index (χ1n) is 6.12. The van der Waals surface area contributed by atoms with E-state index in [1.165, 1.54) is 24.3 Å². The second-order valence-electron chi connectivity index (χ2n) is 4.50. The zero-order valence-corrected chi connectivity index (χ0v) is 11.4. The van der Waals surface area contributed by atoms with E-state index in [0.717, 1.165) is 11.3 Å². The van der Waals surface area contributed by atoms with Gasteiger partial charge in [0.2, 0.25) is 0 Å². The Morgan fingerprint density at radius 1 is 1.00 bits per heavy atom. The number of rotatable bonds is 4. The Balaban J connectivity index is 2.05. The molecule has 0 saturated carbocycles. The van der Waals surface area contributed by atoms with Crippen molar-refractivity contribution < 1.29 is 13.9 Å². The molecule has 100 valence electrons. The predicted octanol–water partition coefficient (Wildman–Crippen LogP) is 4.03. The van der Waals surface area contributed by atoms with Crippen molar-refractivity contribution in [3.63, 3.8) is 0 Å². The molecular formula is C16H17FO2. The molecule has 2 aromatic rings. The molecule has 0 amide bonds. The van der Waals surface area contributed by atoms with Crippen molar-refractivity contribution in [3.05, 3.63) is 58.9 Å². The summed E-state index contributed by atoms with van der Waals surface area (Å²) in [5.74, 6) is 0.665. The maximum atomic E-state index is 13.5. The van der Waals surface area contributed by atoms with Gasteiger partial charge in [-0.15, -0.1) is 0 Å². The lowest BCUT2D eigenvalue weighted by Gasteiger charge is -2.09. The summed E-state index contributed by atoms with van der Waals surface area (Å²) < 4.78 is 24.0. The van der Waals surface area contributed by atoms with E-state index < -0.39 is 0 Å². The van der Waals surface area contributed by atoms with E-state index in [2.05, 4.69) is 6.92 Å². The lowest BCUT2D eigenvalue weighted by molar-refractivity contribution is 0.304. The Morgan fingerprint density at radius 3 is 2.42 bits per heavy atom. The molecule has 0 saturated heterocycles. The number of methoxy groups -OCH3 is 1. The molecule has 0 bridgehead atoms. The van der Waals surface area contributed by atoms with E-state index in [4.69, 9.17) is 9.47 Å². The Hall–Kier alpha value is -2.03. The van der Waals surface area contributed by atoms with E-state index in [1.54, 1.807) is 12.1 Å². The molecule has 0 N–H and O–H groups in total. The molecule has 0 aliphatic rings. The first-order valence-corrected chi connectivity index (χ1v) is 6.12. The number of aryl methyl sites for hydroxylation is 2. The third-order valence-corrected chi connectivity index (χ3v) is 3.10. The molecule has 2 rings (SSSR count). The molecule has 19 heavy (non-hydrogen) atoms. The third kappa shape index (κ3) is 3.25. The normalized spacial score (nSPS) is 10.3. The zero-order chi connectivity index (χ0) is 13.8. The third-order valence-electron chi connectivity index (χ3n) is 3.10. The Bertz CT molecular complexity index is 579. The fraction of sp³-hybridized carbons (Fsp3) is 0.250. The summed E-state index contributed by atoms with van der Waals surface area (Å²) in [6, 6.07) is 10.7. The van der Waals surface area contributed by atoms with Gasteiger partial charge in [0.1, 0.15) is 12.4 Å². The van der Waals surface area contributed by atoms with Crippen LogP contribution in [-0.2, 0) is 6.61 Å². The lowest BCUT2D eigenvalue weighted by atomic mass is 10.1. The summed E-state index contributed by atoms with van der Waals surface area (Å²) in [4.78, 5) is 0. The van der Waals surface area contributed by atoms with E-state index in [0.29, 0.717) is 6.61 Å². The van der Waals surface area contributed by atoms with E-state index in [-0.39, 0.29) is 11.6 Å². The minimum Gasteiger partial charge on any atom is -0.494 e. The highest BCUT2D eigenvalue weighted by molar-refractivity contribution is 5.34. The second-order valence-corrected chi connectivity index (χ2v) is 4.50. The highest BCUT2D eigenvalue weighted by atomic mass is 19.1. The van der Waals surface area contributed by atoms with Crippen molar-refractivity contribution in [2.75, 3.05) is 7.11 Å². The summed E-state index contributed by atoms with van der Waals surface area (Å²) in [5.41, 5.74) is 3.18. The van der Waals surface area contributed by atoms with Crippen LogP contribution >= 0.6 is 0 Å². The van der Waals surface area contributed by atoms with Gasteiger partial charge in [0, 0.05) is 0 Å². The van der Waals surface area contributed by atoms with Crippen LogP contribution < -0.4 is 9.47 Å². The summed E-state index contributed by atoms with van der Waals surface area (Å²) in [6.45, 7) is 4.43. The van der Waals surface area contributed by atoms with Gasteiger partial charge in [-0.25, -0.2) is 4.39 Å². The number of benzene rings is 2. The molecule has 3 heteroatoms. The predicted molar refractivity (Wildman–Crippen MR) is 73.2 cm³/mol. The van der Waals surface area contributed by atoms with Crippen LogP contribution in [-0.4, -0.2) is 7.11 Å². The molecule has 0 heterocycles. The number of ether oxygens (including phenoxy) is 2. The largest absolute Gasteiger partial charge is 0.494 e. The van der Waals surface area contributed by atoms with E-state index in [9.17, 15) is 4.39 Å². The van der Waals surface area contributed by atoms with Gasteiger partial charge >= 0.3 is 0 Å². The van der Waals surface area contributed by atoms with Crippen molar-refractivity contribution >= 4 is 0 Å². The molecule has 0 radical (unpaired) electrons. The van der Waals surface area contributed by atoms with Crippen LogP contribution in [0.5, 0.6) is 11.5 Å². The molecule has 0 atom stereocenters. The average Bonchev–Trinajstić information content (AvgIpc) is 2.40. The molecule has 0 aliphatic heterocycles. The van der Waals surface area contributed by atoms with Crippen molar-refractivity contribution in [3.8, 4) is 11.5 Å². The summed E-state index contributed by atoms with van der Waals surface area (Å²) >= 11 is 0. The SMILES string of the molecule is COc1ccc(COc2ccc(C)c(C)c2)cc1F. The van der Waals surface area contributed by atoms with Gasteiger partial charge in [-0.2, -0.15) is 0 Å². The molecule has 2 aromatic carbocycles. The van der Waals surface area contributed by atoms with Crippen LogP contribution in [0.4, 0.5) is 4.39 Å². The van der Waals surface area contributed by atoms with Crippen LogP contribution in [0.3, 0.4) is 0 Å². The Kier molecular flexibility index (Phi) is 4.05. The van der Waals surface area contributed by atoms with Crippen molar-refractivity contribution in [1.82, 2.24) is 0 Å². The first kappa shape index (κ1) is 13.4. The molecule has 0 aromatic heterocycles. The topological polar surface area (TPSA) is 18.5 Å². The number of halogens is 1. The quantitative estimate of drug-likeness (QED) is 0.826. The first-order chi connectivity index (χ1) is 9.10. The van der Waals surface area contributed by atoms with Crippen molar-refractivity contribution in [1.29, 1.82) is 0 Å². The van der Waals surface area contributed by atoms with Crippen LogP contribution in [0.25, 0.3) is 0 Å². The minimum atomic E-state index is -0.372. The van der Waals surface area contributed by atoms with Gasteiger partial charge in [-0.1, -0.05) is 12.1 Å². The number of hydrogen-bond acceptors (Lipinski definition) is 2. The summed E-state index contributed by atoms with van der Waals surface area (Å²) in [5, 5.41) is 0. The average molecular weight is 260 g/mol. The molecule has 0 aliphatic carbocycles. The molecule has 2 nitrogen and oxygen atoms in total. The molecule has 0 fully saturated rings. The van der Waals surface area contributed by atoms with Crippen molar-refractivity contribution in [2.45, 2.75) is 20.5 Å². The molecular weight excluding hydrogens is 243 g/mol. The van der Waals surface area contributed by atoms with Gasteiger partial charge in [-0.3, -0.25) is 0 Å². The standard InChI is InChI=1S/C16H17FO2/c1-11-4-6-14(8-12(11)2)19-10-13-5-7-16(18-3)15(17)9-13/h4-9H,10H2,1-3H3. The maximum absolute atomic E-state index is 13.5. The van der Waals surface area contributed by atoms with Gasteiger partial charge in [-0.05, 0) is 54.8 Å². The molecule has 0 spiro atoms. The Morgan fingerprint density at radius 2 is 1.79 bits per heavy atom. The summed E-state index contributed by atoms with van der Waals surface area (Å²) in [7, 11) is 1.45. The van der Waals surface area contributed by atoms with Crippen LogP contribution in [0.2, 0.25) is 0 Å². The fourth-order valence-corrected chi connectivity index (χ4v) is 1.77. The van der Waals surface area contributed by atoms with Crippen LogP contribution in [0, 0.1) is 19.7 Å². The van der Waals surface area contributed by atoms with Gasteiger partial charge in [0.05, 0.1) is 7.11 Å². The zero-order valence-electron chi connectivity index (χ0n) is 11.4. The smallest absolute Gasteiger partial charge is 0.165 e. The second kappa shape index (κ2) is 5.74.